The second-order valence-corrected chi connectivity index (χ2v) is 4.75. The van der Waals surface area contributed by atoms with Crippen LogP contribution in [0.3, 0.4) is 0 Å². The summed E-state index contributed by atoms with van der Waals surface area (Å²) >= 11 is 0. The van der Waals surface area contributed by atoms with Crippen LogP contribution in [0.4, 0.5) is 0 Å². The molecule has 4 nitrogen and oxygen atoms in total. The number of hydrogen-bond donors (Lipinski definition) is 0. The zero-order valence-electron chi connectivity index (χ0n) is 9.93. The molecule has 2 bridgehead atoms. The van der Waals surface area contributed by atoms with Gasteiger partial charge in [0.05, 0.1) is 11.1 Å². The molecule has 4 rings (SSSR count). The van der Waals surface area contributed by atoms with Crippen molar-refractivity contribution in [1.82, 2.24) is 0 Å². The Morgan fingerprint density at radius 3 is 1.56 bits per heavy atom. The van der Waals surface area contributed by atoms with Gasteiger partial charge in [-0.25, -0.2) is 9.59 Å². The monoisotopic (exact) mass is 246 g/mol. The first-order chi connectivity index (χ1) is 8.74. The zero-order valence-corrected chi connectivity index (χ0v) is 9.93. The third-order valence-electron chi connectivity index (χ3n) is 3.54. The van der Waals surface area contributed by atoms with Crippen LogP contribution in [-0.4, -0.2) is 24.1 Å². The molecule has 1 aromatic carbocycles. The molecule has 18 heavy (non-hydrogen) atoms. The summed E-state index contributed by atoms with van der Waals surface area (Å²) in [4.78, 5) is 24.1. The van der Waals surface area contributed by atoms with Crippen LogP contribution in [0.2, 0.25) is 0 Å². The molecule has 0 radical (unpaired) electrons. The molecule has 0 atom stereocenters. The van der Waals surface area contributed by atoms with E-state index in [9.17, 15) is 9.59 Å². The molecule has 0 aromatic heterocycles. The quantitative estimate of drug-likeness (QED) is 0.659. The zero-order chi connectivity index (χ0) is 12.5. The molecule has 0 saturated heterocycles. The third kappa shape index (κ3) is 1.98. The average molecular weight is 246 g/mol. The Kier molecular flexibility index (Phi) is 2.78. The highest BCUT2D eigenvalue weighted by Gasteiger charge is 2.31. The van der Waals surface area contributed by atoms with Crippen molar-refractivity contribution in [2.45, 2.75) is 37.9 Å². The van der Waals surface area contributed by atoms with Crippen molar-refractivity contribution in [3.63, 3.8) is 0 Å². The smallest absolute Gasteiger partial charge is 0.339 e. The van der Waals surface area contributed by atoms with Crippen molar-refractivity contribution in [2.24, 2.45) is 0 Å². The third-order valence-corrected chi connectivity index (χ3v) is 3.54. The first kappa shape index (κ1) is 11.3. The SMILES string of the molecule is O=C1OC2CCC(CC2)OC(=O)c2ccccc21. The summed E-state index contributed by atoms with van der Waals surface area (Å²) in [5, 5.41) is 0. The molecule has 94 valence electrons. The molecular formula is C14H14O4. The van der Waals surface area contributed by atoms with Gasteiger partial charge in [0.1, 0.15) is 12.2 Å². The van der Waals surface area contributed by atoms with Gasteiger partial charge in [-0.05, 0) is 37.8 Å². The highest BCUT2D eigenvalue weighted by molar-refractivity contribution is 6.03. The molecule has 1 aromatic rings. The van der Waals surface area contributed by atoms with E-state index in [1.807, 2.05) is 0 Å². The summed E-state index contributed by atoms with van der Waals surface area (Å²) < 4.78 is 10.9. The molecule has 0 amide bonds. The van der Waals surface area contributed by atoms with E-state index in [4.69, 9.17) is 9.47 Å². The number of carbonyl (C=O) groups excluding carboxylic acids is 2. The van der Waals surface area contributed by atoms with E-state index in [1.54, 1.807) is 24.3 Å². The fraction of sp³-hybridized carbons (Fsp3) is 0.429. The van der Waals surface area contributed by atoms with Gasteiger partial charge in [0.2, 0.25) is 0 Å². The van der Waals surface area contributed by atoms with Crippen molar-refractivity contribution in [3.8, 4) is 0 Å². The van der Waals surface area contributed by atoms with Gasteiger partial charge in [0.15, 0.2) is 0 Å². The van der Waals surface area contributed by atoms with Crippen molar-refractivity contribution >= 4 is 11.9 Å². The van der Waals surface area contributed by atoms with Gasteiger partial charge < -0.3 is 9.47 Å². The standard InChI is InChI=1S/C14H14O4/c15-13-11-3-1-2-4-12(11)14(16)18-10-7-5-9(17-13)6-8-10/h1-4,9-10H,5-8H2. The van der Waals surface area contributed by atoms with Crippen molar-refractivity contribution in [3.05, 3.63) is 35.4 Å². The van der Waals surface area contributed by atoms with Crippen LogP contribution < -0.4 is 0 Å². The topological polar surface area (TPSA) is 52.6 Å². The van der Waals surface area contributed by atoms with E-state index in [1.165, 1.54) is 0 Å². The first-order valence-electron chi connectivity index (χ1n) is 6.25. The lowest BCUT2D eigenvalue weighted by molar-refractivity contribution is -0.0143. The normalized spacial score (nSPS) is 27.1. The van der Waals surface area contributed by atoms with Crippen LogP contribution in [0.25, 0.3) is 0 Å². The fourth-order valence-corrected chi connectivity index (χ4v) is 2.54. The van der Waals surface area contributed by atoms with Gasteiger partial charge in [-0.1, -0.05) is 12.1 Å². The Labute approximate surface area is 105 Å². The number of carbonyl (C=O) groups is 2. The number of esters is 2. The summed E-state index contributed by atoms with van der Waals surface area (Å²) in [5.74, 6) is -0.846. The lowest BCUT2D eigenvalue weighted by Crippen LogP contribution is -2.32. The van der Waals surface area contributed by atoms with E-state index in [2.05, 4.69) is 0 Å². The molecule has 2 aliphatic heterocycles. The van der Waals surface area contributed by atoms with Crippen molar-refractivity contribution in [2.75, 3.05) is 0 Å². The fourth-order valence-electron chi connectivity index (χ4n) is 2.54. The van der Waals surface area contributed by atoms with Crippen LogP contribution in [0.15, 0.2) is 24.3 Å². The van der Waals surface area contributed by atoms with Gasteiger partial charge >= 0.3 is 11.9 Å². The first-order valence-corrected chi connectivity index (χ1v) is 6.25. The molecule has 0 unspecified atom stereocenters. The van der Waals surface area contributed by atoms with E-state index in [0.717, 1.165) is 25.7 Å². The summed E-state index contributed by atoms with van der Waals surface area (Å²) in [6.07, 6.45) is 2.99. The van der Waals surface area contributed by atoms with E-state index < -0.39 is 11.9 Å². The Bertz CT molecular complexity index is 441. The van der Waals surface area contributed by atoms with Crippen LogP contribution in [-0.2, 0) is 9.47 Å². The Hall–Kier alpha value is -1.84. The van der Waals surface area contributed by atoms with Gasteiger partial charge in [-0.15, -0.1) is 0 Å². The van der Waals surface area contributed by atoms with Crippen LogP contribution in [0, 0.1) is 0 Å². The van der Waals surface area contributed by atoms with Crippen molar-refractivity contribution < 1.29 is 19.1 Å². The molecule has 4 heteroatoms. The molecule has 1 saturated carbocycles. The Morgan fingerprint density at radius 2 is 1.17 bits per heavy atom. The molecule has 0 spiro atoms. The van der Waals surface area contributed by atoms with Gasteiger partial charge in [-0.3, -0.25) is 0 Å². The second kappa shape index (κ2) is 4.44. The minimum Gasteiger partial charge on any atom is -0.459 e. The average Bonchev–Trinajstić information content (AvgIpc) is 2.40. The molecule has 1 fully saturated rings. The Balaban J connectivity index is 2.02. The van der Waals surface area contributed by atoms with E-state index >= 15 is 0 Å². The lowest BCUT2D eigenvalue weighted by Gasteiger charge is -2.29. The second-order valence-electron chi connectivity index (χ2n) is 4.75. The maximum absolute atomic E-state index is 12.0. The number of fused-ring (bicyclic) bond motifs is 4. The number of benzene rings is 1. The number of ether oxygens (including phenoxy) is 2. The van der Waals surface area contributed by atoms with Gasteiger partial charge in [0.25, 0.3) is 0 Å². The molecule has 1 aliphatic carbocycles. The molecule has 2 heterocycles. The predicted molar refractivity (Wildman–Crippen MR) is 63.3 cm³/mol. The highest BCUT2D eigenvalue weighted by atomic mass is 16.6. The molecule has 3 aliphatic rings. The van der Waals surface area contributed by atoms with Crippen LogP contribution in [0.1, 0.15) is 46.4 Å². The lowest BCUT2D eigenvalue weighted by atomic mass is 9.94. The highest BCUT2D eigenvalue weighted by Crippen LogP contribution is 2.27. The van der Waals surface area contributed by atoms with Gasteiger partial charge in [-0.2, -0.15) is 0 Å². The minimum atomic E-state index is -0.423. The van der Waals surface area contributed by atoms with Crippen LogP contribution in [0.5, 0.6) is 0 Å². The van der Waals surface area contributed by atoms with E-state index in [0.29, 0.717) is 11.1 Å². The number of rotatable bonds is 0. The maximum atomic E-state index is 12.0. The number of hydrogen-bond acceptors (Lipinski definition) is 4. The minimum absolute atomic E-state index is 0.0430. The molecule has 0 N–H and O–H groups in total. The van der Waals surface area contributed by atoms with Gasteiger partial charge in [0, 0.05) is 0 Å². The maximum Gasteiger partial charge on any atom is 0.339 e. The summed E-state index contributed by atoms with van der Waals surface area (Å²) in [6.45, 7) is 0. The molecular weight excluding hydrogens is 232 g/mol. The van der Waals surface area contributed by atoms with Crippen LogP contribution >= 0.6 is 0 Å². The van der Waals surface area contributed by atoms with Crippen molar-refractivity contribution in [1.29, 1.82) is 0 Å². The Morgan fingerprint density at radius 1 is 0.778 bits per heavy atom. The summed E-state index contributed by atoms with van der Waals surface area (Å²) in [5.41, 5.74) is 0.602. The predicted octanol–water partition coefficient (Wildman–Crippen LogP) is 2.33. The summed E-state index contributed by atoms with van der Waals surface area (Å²) in [7, 11) is 0. The van der Waals surface area contributed by atoms with E-state index in [-0.39, 0.29) is 12.2 Å². The summed E-state index contributed by atoms with van der Waals surface area (Å²) in [6, 6.07) is 6.65. The largest absolute Gasteiger partial charge is 0.459 e.